The van der Waals surface area contributed by atoms with Gasteiger partial charge in [0.05, 0.1) is 0 Å². The quantitative estimate of drug-likeness (QED) is 0.620. The Bertz CT molecular complexity index is 302. The van der Waals surface area contributed by atoms with Crippen molar-refractivity contribution in [3.8, 4) is 0 Å². The van der Waals surface area contributed by atoms with E-state index in [1.807, 2.05) is 6.08 Å². The van der Waals surface area contributed by atoms with Gasteiger partial charge in [0.2, 0.25) is 0 Å². The maximum Gasteiger partial charge on any atom is -0.00961 e. The lowest BCUT2D eigenvalue weighted by molar-refractivity contribution is 0.327. The molecule has 0 heterocycles. The van der Waals surface area contributed by atoms with E-state index in [2.05, 4.69) is 47.3 Å². The average Bonchev–Trinajstić information content (AvgIpc) is 2.57. The highest BCUT2D eigenvalue weighted by Gasteiger charge is 2.23. The smallest absolute Gasteiger partial charge is 0.00961 e. The van der Waals surface area contributed by atoms with Gasteiger partial charge in [-0.25, -0.2) is 0 Å². The van der Waals surface area contributed by atoms with Crippen LogP contribution in [0.5, 0.6) is 0 Å². The van der Waals surface area contributed by atoms with E-state index in [-0.39, 0.29) is 0 Å². The third kappa shape index (κ3) is 2.62. The average molecular weight is 204 g/mol. The summed E-state index contributed by atoms with van der Waals surface area (Å²) >= 11 is 0. The summed E-state index contributed by atoms with van der Waals surface area (Å²) < 4.78 is 0. The van der Waals surface area contributed by atoms with Gasteiger partial charge in [-0.2, -0.15) is 0 Å². The zero-order chi connectivity index (χ0) is 11.6. The molecule has 0 heteroatoms. The molecule has 0 bridgehead atoms. The van der Waals surface area contributed by atoms with Gasteiger partial charge < -0.3 is 0 Å². The summed E-state index contributed by atoms with van der Waals surface area (Å²) in [6.45, 7) is 15.5. The van der Waals surface area contributed by atoms with E-state index in [1.165, 1.54) is 11.1 Å². The van der Waals surface area contributed by atoms with Crippen molar-refractivity contribution < 1.29 is 0 Å². The Hall–Kier alpha value is -0.780. The van der Waals surface area contributed by atoms with Crippen LogP contribution in [0.15, 0.2) is 35.5 Å². The Kier molecular flexibility index (Phi) is 3.96. The van der Waals surface area contributed by atoms with Crippen LogP contribution in [0.25, 0.3) is 0 Å². The molecule has 1 aliphatic carbocycles. The predicted molar refractivity (Wildman–Crippen MR) is 68.8 cm³/mol. The Balaban J connectivity index is 2.86. The highest BCUT2D eigenvalue weighted by Crippen LogP contribution is 2.36. The molecule has 1 aliphatic rings. The Labute approximate surface area is 94.8 Å². The second-order valence-electron chi connectivity index (χ2n) is 5.24. The van der Waals surface area contributed by atoms with Crippen LogP contribution in [0.2, 0.25) is 0 Å². The topological polar surface area (TPSA) is 0 Å². The summed E-state index contributed by atoms with van der Waals surface area (Å²) in [7, 11) is 0. The van der Waals surface area contributed by atoms with Gasteiger partial charge in [-0.05, 0) is 36.7 Å². The molecule has 0 aromatic carbocycles. The summed E-state index contributed by atoms with van der Waals surface area (Å²) in [5, 5.41) is 0. The van der Waals surface area contributed by atoms with Crippen LogP contribution in [0, 0.1) is 17.8 Å². The van der Waals surface area contributed by atoms with Crippen LogP contribution in [-0.4, -0.2) is 0 Å². The van der Waals surface area contributed by atoms with Crippen LogP contribution in [0.3, 0.4) is 0 Å². The molecule has 0 aromatic heterocycles. The molecular weight excluding hydrogens is 180 g/mol. The largest absolute Gasteiger partial charge is 0.0985 e. The second-order valence-corrected chi connectivity index (χ2v) is 5.24. The van der Waals surface area contributed by atoms with Gasteiger partial charge in [0, 0.05) is 0 Å². The van der Waals surface area contributed by atoms with Crippen molar-refractivity contribution >= 4 is 0 Å². The van der Waals surface area contributed by atoms with Crippen LogP contribution in [0.4, 0.5) is 0 Å². The molecule has 1 unspecified atom stereocenters. The number of hydrogen-bond donors (Lipinski definition) is 0. The summed E-state index contributed by atoms with van der Waals surface area (Å²) in [5.41, 5.74) is 4.43. The van der Waals surface area contributed by atoms with Gasteiger partial charge in [-0.3, -0.25) is 0 Å². The summed E-state index contributed by atoms with van der Waals surface area (Å²) in [5.74, 6) is 2.17. The molecule has 0 saturated heterocycles. The van der Waals surface area contributed by atoms with E-state index in [1.54, 1.807) is 5.57 Å². The minimum atomic E-state index is 0.673. The van der Waals surface area contributed by atoms with Crippen molar-refractivity contribution in [1.29, 1.82) is 0 Å². The van der Waals surface area contributed by atoms with E-state index < -0.39 is 0 Å². The normalized spacial score (nSPS) is 20.5. The number of hydrogen-bond acceptors (Lipinski definition) is 0. The van der Waals surface area contributed by atoms with Crippen LogP contribution < -0.4 is 0 Å². The van der Waals surface area contributed by atoms with Crippen molar-refractivity contribution in [1.82, 2.24) is 0 Å². The summed E-state index contributed by atoms with van der Waals surface area (Å²) in [6.07, 6.45) is 5.45. The zero-order valence-corrected chi connectivity index (χ0v) is 10.8. The fourth-order valence-electron chi connectivity index (χ4n) is 2.32. The van der Waals surface area contributed by atoms with E-state index in [9.17, 15) is 0 Å². The van der Waals surface area contributed by atoms with Gasteiger partial charge in [-0.1, -0.05) is 57.6 Å². The summed E-state index contributed by atoms with van der Waals surface area (Å²) in [4.78, 5) is 0. The van der Waals surface area contributed by atoms with Crippen molar-refractivity contribution in [3.63, 3.8) is 0 Å². The molecule has 84 valence electrons. The molecule has 0 N–H and O–H groups in total. The first-order valence-electron chi connectivity index (χ1n) is 6.00. The second kappa shape index (κ2) is 4.83. The predicted octanol–water partition coefficient (Wildman–Crippen LogP) is 4.75. The first-order chi connectivity index (χ1) is 6.97. The summed E-state index contributed by atoms with van der Waals surface area (Å²) in [6, 6.07) is 0. The number of allylic oxidation sites excluding steroid dienone is 5. The molecule has 0 nitrogen and oxygen atoms in total. The molecular formula is C15H24. The molecule has 0 fully saturated rings. The molecule has 0 amide bonds. The van der Waals surface area contributed by atoms with Gasteiger partial charge in [0.15, 0.2) is 0 Å². The zero-order valence-electron chi connectivity index (χ0n) is 10.8. The lowest BCUT2D eigenvalue weighted by Crippen LogP contribution is -2.16. The van der Waals surface area contributed by atoms with E-state index in [0.717, 1.165) is 18.3 Å². The maximum absolute atomic E-state index is 3.91. The maximum atomic E-state index is 3.91. The Morgan fingerprint density at radius 1 is 1.27 bits per heavy atom. The molecule has 1 rings (SSSR count). The monoisotopic (exact) mass is 204 g/mol. The molecule has 15 heavy (non-hydrogen) atoms. The third-order valence-electron chi connectivity index (χ3n) is 3.85. The van der Waals surface area contributed by atoms with Gasteiger partial charge in [-0.15, -0.1) is 0 Å². The lowest BCUT2D eigenvalue weighted by Gasteiger charge is -2.25. The first kappa shape index (κ1) is 12.3. The standard InChI is InChI=1S/C15H24/c1-7-14-8-11(4)9-15(14)13(6)12(5)10(2)3/h7-8,10,12-13H,1,9H2,2-6H3/t12-,13?/m0/s1. The van der Waals surface area contributed by atoms with Crippen molar-refractivity contribution in [2.75, 3.05) is 0 Å². The van der Waals surface area contributed by atoms with Gasteiger partial charge >= 0.3 is 0 Å². The number of rotatable bonds is 4. The highest BCUT2D eigenvalue weighted by molar-refractivity contribution is 5.45. The minimum absolute atomic E-state index is 0.673. The van der Waals surface area contributed by atoms with Crippen LogP contribution in [-0.2, 0) is 0 Å². The highest BCUT2D eigenvalue weighted by atomic mass is 14.3. The molecule has 0 aromatic rings. The Morgan fingerprint density at radius 2 is 1.87 bits per heavy atom. The minimum Gasteiger partial charge on any atom is -0.0985 e. The molecule has 2 atom stereocenters. The molecule has 0 saturated carbocycles. The van der Waals surface area contributed by atoms with E-state index in [4.69, 9.17) is 0 Å². The lowest BCUT2D eigenvalue weighted by atomic mass is 9.80. The molecule has 0 aliphatic heterocycles. The van der Waals surface area contributed by atoms with E-state index in [0.29, 0.717) is 5.92 Å². The van der Waals surface area contributed by atoms with Gasteiger partial charge in [0.1, 0.15) is 0 Å². The molecule has 0 spiro atoms. The third-order valence-corrected chi connectivity index (χ3v) is 3.85. The van der Waals surface area contributed by atoms with Crippen LogP contribution in [0.1, 0.15) is 41.0 Å². The van der Waals surface area contributed by atoms with Gasteiger partial charge in [0.25, 0.3) is 0 Å². The van der Waals surface area contributed by atoms with Crippen molar-refractivity contribution in [2.24, 2.45) is 17.8 Å². The fraction of sp³-hybridized carbons (Fsp3) is 0.600. The first-order valence-corrected chi connectivity index (χ1v) is 6.00. The van der Waals surface area contributed by atoms with E-state index >= 15 is 0 Å². The van der Waals surface area contributed by atoms with Crippen molar-refractivity contribution in [2.45, 2.75) is 41.0 Å². The molecule has 0 radical (unpaired) electrons. The Morgan fingerprint density at radius 3 is 2.33 bits per heavy atom. The van der Waals surface area contributed by atoms with Crippen LogP contribution >= 0.6 is 0 Å². The SMILES string of the molecule is C=CC1=C(C(C)[C@@H](C)C(C)C)CC(C)=C1. The van der Waals surface area contributed by atoms with Crippen molar-refractivity contribution in [3.05, 3.63) is 35.5 Å². The fourth-order valence-corrected chi connectivity index (χ4v) is 2.32.